The van der Waals surface area contributed by atoms with E-state index in [9.17, 15) is 0 Å². The maximum absolute atomic E-state index is 8.52. The van der Waals surface area contributed by atoms with Crippen molar-refractivity contribution in [1.82, 2.24) is 10.2 Å². The third-order valence-corrected chi connectivity index (χ3v) is 1.75. The van der Waals surface area contributed by atoms with Gasteiger partial charge < -0.3 is 0 Å². The Morgan fingerprint density at radius 2 is 2.45 bits per heavy atom. The van der Waals surface area contributed by atoms with Crippen molar-refractivity contribution in [3.8, 4) is 6.07 Å². The van der Waals surface area contributed by atoms with E-state index >= 15 is 0 Å². The minimum atomic E-state index is -0.106. The van der Waals surface area contributed by atoms with Crippen LogP contribution in [0.3, 0.4) is 0 Å². The highest BCUT2D eigenvalue weighted by Crippen LogP contribution is 2.23. The Labute approximate surface area is 66.0 Å². The summed E-state index contributed by atoms with van der Waals surface area (Å²) < 4.78 is 0. The molecule has 0 radical (unpaired) electrons. The normalized spacial score (nSPS) is 11.0. The molecule has 0 saturated heterocycles. The lowest BCUT2D eigenvalue weighted by molar-refractivity contribution is 0.520. The fourth-order valence-electron chi connectivity index (χ4n) is 0.926. The fourth-order valence-corrected chi connectivity index (χ4v) is 0.926. The van der Waals surface area contributed by atoms with Gasteiger partial charge in [-0.3, -0.25) is 5.10 Å². The maximum atomic E-state index is 8.52. The summed E-state index contributed by atoms with van der Waals surface area (Å²) in [4.78, 5) is 0. The summed E-state index contributed by atoms with van der Waals surface area (Å²) in [6.45, 7) is 4.04. The Balaban J connectivity index is 2.83. The smallest absolute Gasteiger partial charge is 0.0631 e. The van der Waals surface area contributed by atoms with Crippen LogP contribution >= 0.6 is 0 Å². The molecule has 0 aliphatic heterocycles. The molecule has 0 bridgehead atoms. The van der Waals surface area contributed by atoms with Gasteiger partial charge in [-0.15, -0.1) is 0 Å². The van der Waals surface area contributed by atoms with E-state index in [1.54, 1.807) is 6.20 Å². The molecular formula is C8H11N3. The van der Waals surface area contributed by atoms with E-state index in [1.165, 1.54) is 0 Å². The van der Waals surface area contributed by atoms with Crippen LogP contribution in [-0.2, 0) is 5.41 Å². The molecule has 11 heavy (non-hydrogen) atoms. The highest BCUT2D eigenvalue weighted by Gasteiger charge is 2.21. The van der Waals surface area contributed by atoms with Crippen molar-refractivity contribution in [1.29, 1.82) is 5.26 Å². The molecule has 0 fully saturated rings. The summed E-state index contributed by atoms with van der Waals surface area (Å²) >= 11 is 0. The van der Waals surface area contributed by atoms with Crippen LogP contribution in [-0.4, -0.2) is 10.2 Å². The predicted molar refractivity (Wildman–Crippen MR) is 41.8 cm³/mol. The molecule has 1 N–H and O–H groups in total. The fraction of sp³-hybridized carbons (Fsp3) is 0.500. The first-order valence-corrected chi connectivity index (χ1v) is 3.53. The second kappa shape index (κ2) is 2.75. The minimum Gasteiger partial charge on any atom is -0.282 e. The van der Waals surface area contributed by atoms with Crippen LogP contribution in [0.25, 0.3) is 0 Å². The highest BCUT2D eigenvalue weighted by molar-refractivity contribution is 5.13. The van der Waals surface area contributed by atoms with Gasteiger partial charge in [-0.2, -0.15) is 10.4 Å². The van der Waals surface area contributed by atoms with Gasteiger partial charge in [-0.05, 0) is 6.07 Å². The van der Waals surface area contributed by atoms with E-state index in [1.807, 2.05) is 19.9 Å². The molecule has 0 aliphatic rings. The summed E-state index contributed by atoms with van der Waals surface area (Å²) in [5, 5.41) is 15.2. The number of nitrogens with one attached hydrogen (secondary N) is 1. The Hall–Kier alpha value is -1.30. The number of aromatic amines is 1. The third-order valence-electron chi connectivity index (χ3n) is 1.75. The van der Waals surface area contributed by atoms with Gasteiger partial charge in [0, 0.05) is 23.7 Å². The summed E-state index contributed by atoms with van der Waals surface area (Å²) in [6, 6.07) is 4.05. The molecule has 1 aromatic rings. The standard InChI is InChI=1S/C8H11N3/c1-8(2,4-5-9)7-3-6-10-11-7/h3,6H,4H2,1-2H3,(H,10,11). The average Bonchev–Trinajstić information content (AvgIpc) is 2.37. The molecule has 3 nitrogen and oxygen atoms in total. The molecule has 0 atom stereocenters. The molecule has 3 heteroatoms. The Bertz CT molecular complexity index is 253. The van der Waals surface area contributed by atoms with Crippen LogP contribution in [0.4, 0.5) is 0 Å². The molecule has 0 aliphatic carbocycles. The van der Waals surface area contributed by atoms with E-state index in [-0.39, 0.29) is 5.41 Å². The summed E-state index contributed by atoms with van der Waals surface area (Å²) in [5.74, 6) is 0. The van der Waals surface area contributed by atoms with Crippen molar-refractivity contribution in [2.24, 2.45) is 0 Å². The van der Waals surface area contributed by atoms with Crippen molar-refractivity contribution in [3.63, 3.8) is 0 Å². The highest BCUT2D eigenvalue weighted by atomic mass is 15.1. The minimum absolute atomic E-state index is 0.106. The van der Waals surface area contributed by atoms with E-state index < -0.39 is 0 Å². The zero-order chi connectivity index (χ0) is 8.32. The van der Waals surface area contributed by atoms with Crippen LogP contribution in [0, 0.1) is 11.3 Å². The third kappa shape index (κ3) is 1.58. The Morgan fingerprint density at radius 1 is 1.73 bits per heavy atom. The molecule has 0 amide bonds. The monoisotopic (exact) mass is 149 g/mol. The first-order chi connectivity index (χ1) is 5.17. The van der Waals surface area contributed by atoms with Gasteiger partial charge in [0.1, 0.15) is 0 Å². The number of nitrogens with zero attached hydrogens (tertiary/aromatic N) is 2. The lowest BCUT2D eigenvalue weighted by Gasteiger charge is -2.18. The van der Waals surface area contributed by atoms with Crippen molar-refractivity contribution in [3.05, 3.63) is 18.0 Å². The lowest BCUT2D eigenvalue weighted by Crippen LogP contribution is -2.16. The summed E-state index contributed by atoms with van der Waals surface area (Å²) in [7, 11) is 0. The van der Waals surface area contributed by atoms with Crippen LogP contribution in [0.1, 0.15) is 26.0 Å². The zero-order valence-electron chi connectivity index (χ0n) is 6.76. The van der Waals surface area contributed by atoms with Crippen molar-refractivity contribution >= 4 is 0 Å². The number of hydrogen-bond donors (Lipinski definition) is 1. The largest absolute Gasteiger partial charge is 0.282 e. The number of aromatic nitrogens is 2. The van der Waals surface area contributed by atoms with E-state index in [0.717, 1.165) is 5.69 Å². The maximum Gasteiger partial charge on any atom is 0.0631 e. The summed E-state index contributed by atoms with van der Waals surface area (Å²) in [5.41, 5.74) is 0.907. The zero-order valence-corrected chi connectivity index (χ0v) is 6.76. The van der Waals surface area contributed by atoms with Gasteiger partial charge in [-0.1, -0.05) is 13.8 Å². The van der Waals surface area contributed by atoms with Crippen molar-refractivity contribution < 1.29 is 0 Å². The van der Waals surface area contributed by atoms with Gasteiger partial charge in [0.25, 0.3) is 0 Å². The number of hydrogen-bond acceptors (Lipinski definition) is 2. The molecule has 1 rings (SSSR count). The average molecular weight is 149 g/mol. The van der Waals surface area contributed by atoms with Gasteiger partial charge in [0.15, 0.2) is 0 Å². The second-order valence-corrected chi connectivity index (χ2v) is 3.19. The van der Waals surface area contributed by atoms with Gasteiger partial charge >= 0.3 is 0 Å². The molecule has 0 saturated carbocycles. The van der Waals surface area contributed by atoms with E-state index in [2.05, 4.69) is 16.3 Å². The lowest BCUT2D eigenvalue weighted by atomic mass is 9.86. The molecule has 0 unspecified atom stereocenters. The molecule has 0 aromatic carbocycles. The SMILES string of the molecule is CC(C)(CC#N)c1ccn[nH]1. The second-order valence-electron chi connectivity index (χ2n) is 3.19. The molecule has 58 valence electrons. The first-order valence-electron chi connectivity index (χ1n) is 3.53. The molecular weight excluding hydrogens is 138 g/mol. The van der Waals surface area contributed by atoms with E-state index in [4.69, 9.17) is 5.26 Å². The van der Waals surface area contributed by atoms with E-state index in [0.29, 0.717) is 6.42 Å². The topological polar surface area (TPSA) is 52.5 Å². The van der Waals surface area contributed by atoms with Crippen LogP contribution in [0.5, 0.6) is 0 Å². The van der Waals surface area contributed by atoms with Gasteiger partial charge in [0.05, 0.1) is 6.07 Å². The van der Waals surface area contributed by atoms with Gasteiger partial charge in [0.2, 0.25) is 0 Å². The Morgan fingerprint density at radius 3 is 2.91 bits per heavy atom. The predicted octanol–water partition coefficient (Wildman–Crippen LogP) is 1.60. The van der Waals surface area contributed by atoms with Crippen LogP contribution < -0.4 is 0 Å². The van der Waals surface area contributed by atoms with Crippen molar-refractivity contribution in [2.75, 3.05) is 0 Å². The Kier molecular flexibility index (Phi) is 1.95. The number of H-pyrrole nitrogens is 1. The number of rotatable bonds is 2. The quantitative estimate of drug-likeness (QED) is 0.694. The summed E-state index contributed by atoms with van der Waals surface area (Å²) in [6.07, 6.45) is 2.21. The van der Waals surface area contributed by atoms with Crippen LogP contribution in [0.15, 0.2) is 12.3 Å². The van der Waals surface area contributed by atoms with Crippen molar-refractivity contribution in [2.45, 2.75) is 25.7 Å². The number of nitriles is 1. The van der Waals surface area contributed by atoms with Gasteiger partial charge in [-0.25, -0.2) is 0 Å². The molecule has 0 spiro atoms. The molecule has 1 aromatic heterocycles. The first kappa shape index (κ1) is 7.80. The molecule has 1 heterocycles. The van der Waals surface area contributed by atoms with Crippen LogP contribution in [0.2, 0.25) is 0 Å².